The summed E-state index contributed by atoms with van der Waals surface area (Å²) in [6.07, 6.45) is -2.46. The lowest BCUT2D eigenvalue weighted by Gasteiger charge is -2.11. The van der Waals surface area contributed by atoms with E-state index in [0.717, 1.165) is 23.6 Å². The number of halogens is 2. The second kappa shape index (κ2) is 6.61. The number of rotatable bonds is 5. The minimum absolute atomic E-state index is 0.00525. The molecule has 21 heavy (non-hydrogen) atoms. The van der Waals surface area contributed by atoms with Crippen LogP contribution < -0.4 is 5.32 Å². The highest BCUT2D eigenvalue weighted by molar-refractivity contribution is 5.58. The van der Waals surface area contributed by atoms with Crippen molar-refractivity contribution in [3.63, 3.8) is 0 Å². The van der Waals surface area contributed by atoms with Gasteiger partial charge in [-0.2, -0.15) is 0 Å². The Labute approximate surface area is 123 Å². The fourth-order valence-corrected chi connectivity index (χ4v) is 1.94. The van der Waals surface area contributed by atoms with Crippen LogP contribution in [0, 0.1) is 0 Å². The zero-order chi connectivity index (χ0) is 15.4. The highest BCUT2D eigenvalue weighted by Gasteiger charge is 2.11. The molecule has 0 atom stereocenters. The first-order chi connectivity index (χ1) is 10.0. The van der Waals surface area contributed by atoms with E-state index in [1.165, 1.54) is 12.1 Å². The molecule has 3 nitrogen and oxygen atoms in total. The SMILES string of the molecule is CCNc1cc(C(C)C)nc(-c2ccc(C(F)F)cc2)n1. The van der Waals surface area contributed by atoms with Gasteiger partial charge in [-0.3, -0.25) is 0 Å². The van der Waals surface area contributed by atoms with E-state index in [0.29, 0.717) is 5.82 Å². The zero-order valence-corrected chi connectivity index (χ0v) is 12.4. The maximum atomic E-state index is 12.6. The summed E-state index contributed by atoms with van der Waals surface area (Å²) < 4.78 is 25.2. The highest BCUT2D eigenvalue weighted by atomic mass is 19.3. The molecule has 1 N–H and O–H groups in total. The van der Waals surface area contributed by atoms with Gasteiger partial charge >= 0.3 is 0 Å². The molecule has 0 saturated heterocycles. The normalized spacial score (nSPS) is 11.2. The molecule has 0 aliphatic carbocycles. The van der Waals surface area contributed by atoms with Crippen molar-refractivity contribution in [1.82, 2.24) is 9.97 Å². The van der Waals surface area contributed by atoms with Crippen LogP contribution in [0.15, 0.2) is 30.3 Å². The number of anilines is 1. The second-order valence-corrected chi connectivity index (χ2v) is 5.11. The molecule has 1 aromatic heterocycles. The molecule has 1 aromatic carbocycles. The average Bonchev–Trinajstić information content (AvgIpc) is 2.47. The molecule has 0 amide bonds. The van der Waals surface area contributed by atoms with Crippen LogP contribution in [-0.2, 0) is 0 Å². The third-order valence-corrected chi connectivity index (χ3v) is 3.12. The van der Waals surface area contributed by atoms with E-state index in [4.69, 9.17) is 0 Å². The van der Waals surface area contributed by atoms with E-state index in [2.05, 4.69) is 29.1 Å². The number of hydrogen-bond acceptors (Lipinski definition) is 3. The van der Waals surface area contributed by atoms with Crippen LogP contribution >= 0.6 is 0 Å². The number of benzene rings is 1. The van der Waals surface area contributed by atoms with Crippen molar-refractivity contribution in [3.8, 4) is 11.4 Å². The lowest BCUT2D eigenvalue weighted by atomic mass is 10.1. The smallest absolute Gasteiger partial charge is 0.263 e. The van der Waals surface area contributed by atoms with Crippen LogP contribution in [0.1, 0.15) is 44.4 Å². The Bertz CT molecular complexity index is 595. The molecule has 0 unspecified atom stereocenters. The van der Waals surface area contributed by atoms with Crippen LogP contribution in [0.2, 0.25) is 0 Å². The van der Waals surface area contributed by atoms with Crippen LogP contribution in [0.25, 0.3) is 11.4 Å². The maximum absolute atomic E-state index is 12.6. The second-order valence-electron chi connectivity index (χ2n) is 5.11. The Morgan fingerprint density at radius 1 is 1.10 bits per heavy atom. The van der Waals surface area contributed by atoms with Gasteiger partial charge in [0.1, 0.15) is 5.82 Å². The van der Waals surface area contributed by atoms with Gasteiger partial charge in [0, 0.05) is 29.4 Å². The average molecular weight is 291 g/mol. The molecule has 0 aliphatic rings. The third-order valence-electron chi connectivity index (χ3n) is 3.12. The van der Waals surface area contributed by atoms with Gasteiger partial charge in [-0.1, -0.05) is 38.1 Å². The molecule has 2 aromatic rings. The summed E-state index contributed by atoms with van der Waals surface area (Å²) in [4.78, 5) is 8.96. The fraction of sp³-hybridized carbons (Fsp3) is 0.375. The lowest BCUT2D eigenvalue weighted by molar-refractivity contribution is 0.151. The monoisotopic (exact) mass is 291 g/mol. The molecular formula is C16H19F2N3. The summed E-state index contributed by atoms with van der Waals surface area (Å²) in [5, 5.41) is 3.17. The molecule has 1 heterocycles. The molecule has 2 rings (SSSR count). The van der Waals surface area contributed by atoms with E-state index in [-0.39, 0.29) is 11.5 Å². The number of nitrogens with one attached hydrogen (secondary N) is 1. The van der Waals surface area contributed by atoms with Crippen LogP contribution in [0.5, 0.6) is 0 Å². The summed E-state index contributed by atoms with van der Waals surface area (Å²) in [6, 6.07) is 8.02. The molecule has 0 fully saturated rings. The van der Waals surface area contributed by atoms with E-state index < -0.39 is 6.43 Å². The summed E-state index contributed by atoms with van der Waals surface area (Å²) in [6.45, 7) is 6.87. The predicted octanol–water partition coefficient (Wildman–Crippen LogP) is 4.64. The van der Waals surface area contributed by atoms with Crippen molar-refractivity contribution >= 4 is 5.82 Å². The van der Waals surface area contributed by atoms with E-state index in [9.17, 15) is 8.78 Å². The molecule has 0 saturated carbocycles. The lowest BCUT2D eigenvalue weighted by Crippen LogP contribution is -2.05. The van der Waals surface area contributed by atoms with Gasteiger partial charge in [0.25, 0.3) is 6.43 Å². The van der Waals surface area contributed by atoms with Gasteiger partial charge in [0.2, 0.25) is 0 Å². The van der Waals surface area contributed by atoms with Crippen molar-refractivity contribution in [2.45, 2.75) is 33.1 Å². The Morgan fingerprint density at radius 3 is 2.29 bits per heavy atom. The predicted molar refractivity (Wildman–Crippen MR) is 80.7 cm³/mol. The first kappa shape index (κ1) is 15.4. The molecule has 0 aliphatic heterocycles. The van der Waals surface area contributed by atoms with Crippen molar-refractivity contribution < 1.29 is 8.78 Å². The number of aromatic nitrogens is 2. The Balaban J connectivity index is 2.41. The largest absolute Gasteiger partial charge is 0.370 e. The van der Waals surface area contributed by atoms with Gasteiger partial charge in [0.15, 0.2) is 5.82 Å². The van der Waals surface area contributed by atoms with Gasteiger partial charge in [-0.25, -0.2) is 18.7 Å². The van der Waals surface area contributed by atoms with Crippen molar-refractivity contribution in [3.05, 3.63) is 41.6 Å². The third kappa shape index (κ3) is 3.74. The zero-order valence-electron chi connectivity index (χ0n) is 12.4. The standard InChI is InChI=1S/C16H19F2N3/c1-4-19-14-9-13(10(2)3)20-16(21-14)12-7-5-11(6-8-12)15(17)18/h5-10,15H,4H2,1-3H3,(H,19,20,21). The fourth-order valence-electron chi connectivity index (χ4n) is 1.94. The molecule has 0 bridgehead atoms. The number of hydrogen-bond donors (Lipinski definition) is 1. The van der Waals surface area contributed by atoms with E-state index >= 15 is 0 Å². The Morgan fingerprint density at radius 2 is 1.76 bits per heavy atom. The summed E-state index contributed by atoms with van der Waals surface area (Å²) in [5.41, 5.74) is 1.67. The van der Waals surface area contributed by atoms with Crippen molar-refractivity contribution in [2.24, 2.45) is 0 Å². The summed E-state index contributed by atoms with van der Waals surface area (Å²) >= 11 is 0. The number of nitrogens with zero attached hydrogens (tertiary/aromatic N) is 2. The van der Waals surface area contributed by atoms with Gasteiger partial charge in [0.05, 0.1) is 0 Å². The Hall–Kier alpha value is -2.04. The molecular weight excluding hydrogens is 272 g/mol. The maximum Gasteiger partial charge on any atom is 0.263 e. The first-order valence-corrected chi connectivity index (χ1v) is 7.02. The van der Waals surface area contributed by atoms with Crippen molar-refractivity contribution in [2.75, 3.05) is 11.9 Å². The van der Waals surface area contributed by atoms with Crippen LogP contribution in [0.3, 0.4) is 0 Å². The molecule has 112 valence electrons. The topological polar surface area (TPSA) is 37.8 Å². The number of alkyl halides is 2. The van der Waals surface area contributed by atoms with Crippen LogP contribution in [0.4, 0.5) is 14.6 Å². The van der Waals surface area contributed by atoms with E-state index in [1.54, 1.807) is 12.1 Å². The summed E-state index contributed by atoms with van der Waals surface area (Å²) in [5.74, 6) is 1.58. The minimum Gasteiger partial charge on any atom is -0.370 e. The van der Waals surface area contributed by atoms with E-state index in [1.807, 2.05) is 13.0 Å². The quantitative estimate of drug-likeness (QED) is 0.872. The first-order valence-electron chi connectivity index (χ1n) is 7.02. The van der Waals surface area contributed by atoms with Gasteiger partial charge in [-0.15, -0.1) is 0 Å². The van der Waals surface area contributed by atoms with Gasteiger partial charge in [-0.05, 0) is 12.8 Å². The van der Waals surface area contributed by atoms with Gasteiger partial charge < -0.3 is 5.32 Å². The summed E-state index contributed by atoms with van der Waals surface area (Å²) in [7, 11) is 0. The molecule has 0 spiro atoms. The van der Waals surface area contributed by atoms with Crippen LogP contribution in [-0.4, -0.2) is 16.5 Å². The minimum atomic E-state index is -2.46. The molecule has 5 heteroatoms. The van der Waals surface area contributed by atoms with Crippen molar-refractivity contribution in [1.29, 1.82) is 0 Å². The highest BCUT2D eigenvalue weighted by Crippen LogP contribution is 2.25. The molecule has 0 radical (unpaired) electrons. The Kier molecular flexibility index (Phi) is 4.83.